The van der Waals surface area contributed by atoms with Gasteiger partial charge in [0.2, 0.25) is 5.91 Å². The second-order valence-corrected chi connectivity index (χ2v) is 9.06. The van der Waals surface area contributed by atoms with E-state index in [9.17, 15) is 19.5 Å². The summed E-state index contributed by atoms with van der Waals surface area (Å²) in [5.41, 5.74) is 1.00. The first-order valence-corrected chi connectivity index (χ1v) is 10.9. The highest BCUT2D eigenvalue weighted by Crippen LogP contribution is 2.43. The summed E-state index contributed by atoms with van der Waals surface area (Å²) in [6.45, 7) is 9.35. The highest BCUT2D eigenvalue weighted by atomic mass is 16.5. The van der Waals surface area contributed by atoms with Crippen LogP contribution in [0, 0.1) is 12.8 Å². The molecule has 0 bridgehead atoms. The summed E-state index contributed by atoms with van der Waals surface area (Å²) in [4.78, 5) is 37.0. The molecule has 0 aliphatic carbocycles. The predicted molar refractivity (Wildman–Crippen MR) is 120 cm³/mol. The van der Waals surface area contributed by atoms with E-state index in [2.05, 4.69) is 5.32 Å². The van der Waals surface area contributed by atoms with Crippen molar-refractivity contribution >= 4 is 22.8 Å². The van der Waals surface area contributed by atoms with Crippen LogP contribution in [-0.4, -0.2) is 35.7 Å². The number of fused-ring (bicyclic) bond motifs is 3. The van der Waals surface area contributed by atoms with E-state index >= 15 is 0 Å². The Balaban J connectivity index is 2.04. The summed E-state index contributed by atoms with van der Waals surface area (Å²) in [6.07, 6.45) is 1.75. The molecular weight excluding hydrogens is 414 g/mol. The van der Waals surface area contributed by atoms with Crippen molar-refractivity contribution in [3.05, 3.63) is 33.2 Å². The first kappa shape index (κ1) is 23.6. The molecule has 2 atom stereocenters. The summed E-state index contributed by atoms with van der Waals surface area (Å²) in [6, 6.07) is 0.765. The number of carboxylic acid groups (broad SMARTS) is 1. The van der Waals surface area contributed by atoms with Crippen LogP contribution in [0.15, 0.2) is 15.3 Å². The van der Waals surface area contributed by atoms with E-state index in [0.29, 0.717) is 40.9 Å². The molecule has 8 heteroatoms. The summed E-state index contributed by atoms with van der Waals surface area (Å²) in [5.74, 6) is -0.791. The van der Waals surface area contributed by atoms with Crippen molar-refractivity contribution in [3.8, 4) is 11.5 Å². The zero-order valence-electron chi connectivity index (χ0n) is 19.5. The summed E-state index contributed by atoms with van der Waals surface area (Å²) in [7, 11) is 1.52. The van der Waals surface area contributed by atoms with Gasteiger partial charge in [-0.2, -0.15) is 0 Å². The maximum Gasteiger partial charge on any atom is 0.340 e. The maximum absolute atomic E-state index is 12.9. The van der Waals surface area contributed by atoms with Crippen molar-refractivity contribution in [2.24, 2.45) is 5.92 Å². The monoisotopic (exact) mass is 445 g/mol. The standard InChI is InChI=1S/C24H31NO7/c1-7-12(2)20(22(27)28)25-18(26)10-15-13(3)19-17(30-6)11-16-14(21(19)31-23(15)29)8-9-24(4,5)32-16/h11-12,20H,7-10H2,1-6H3,(H,25,26)(H,27,28). The molecule has 1 aliphatic heterocycles. The highest BCUT2D eigenvalue weighted by Gasteiger charge is 2.32. The van der Waals surface area contributed by atoms with E-state index in [1.807, 2.05) is 20.8 Å². The quantitative estimate of drug-likeness (QED) is 0.628. The zero-order chi connectivity index (χ0) is 23.8. The minimum atomic E-state index is -1.11. The third kappa shape index (κ3) is 4.45. The molecule has 0 spiro atoms. The number of rotatable bonds is 7. The lowest BCUT2D eigenvalue weighted by Gasteiger charge is -2.33. The lowest BCUT2D eigenvalue weighted by molar-refractivity contribution is -0.143. The van der Waals surface area contributed by atoms with Crippen molar-refractivity contribution in [2.75, 3.05) is 7.11 Å². The number of amides is 1. The largest absolute Gasteiger partial charge is 0.496 e. The predicted octanol–water partition coefficient (Wildman–Crippen LogP) is 3.37. The molecule has 32 heavy (non-hydrogen) atoms. The number of benzene rings is 1. The Kier molecular flexibility index (Phi) is 6.53. The van der Waals surface area contributed by atoms with Gasteiger partial charge < -0.3 is 24.3 Å². The molecule has 2 heterocycles. The Morgan fingerprint density at radius 3 is 2.62 bits per heavy atom. The second kappa shape index (κ2) is 8.84. The second-order valence-electron chi connectivity index (χ2n) is 9.06. The fraction of sp³-hybridized carbons (Fsp3) is 0.542. The topological polar surface area (TPSA) is 115 Å². The van der Waals surface area contributed by atoms with E-state index in [1.54, 1.807) is 19.9 Å². The number of hydrogen-bond donors (Lipinski definition) is 2. The number of ether oxygens (including phenoxy) is 2. The first-order chi connectivity index (χ1) is 15.0. The molecule has 1 aromatic heterocycles. The molecule has 0 fully saturated rings. The van der Waals surface area contributed by atoms with Crippen LogP contribution < -0.4 is 20.4 Å². The smallest absolute Gasteiger partial charge is 0.340 e. The molecule has 2 aromatic rings. The molecule has 0 saturated heterocycles. The summed E-state index contributed by atoms with van der Waals surface area (Å²) in [5, 5.41) is 12.6. The molecular formula is C24H31NO7. The Morgan fingerprint density at radius 1 is 1.34 bits per heavy atom. The van der Waals surface area contributed by atoms with Crippen LogP contribution >= 0.6 is 0 Å². The van der Waals surface area contributed by atoms with Gasteiger partial charge in [-0.15, -0.1) is 0 Å². The van der Waals surface area contributed by atoms with Gasteiger partial charge in [0.05, 0.1) is 24.5 Å². The molecule has 0 radical (unpaired) electrons. The third-order valence-electron chi connectivity index (χ3n) is 6.29. The SMILES string of the molecule is CCC(C)C(NC(=O)Cc1c(C)c2c(OC)cc3c(c2oc1=O)CCC(C)(C)O3)C(=O)O. The van der Waals surface area contributed by atoms with Crippen molar-refractivity contribution < 1.29 is 28.6 Å². The summed E-state index contributed by atoms with van der Waals surface area (Å²) < 4.78 is 17.3. The number of carbonyl (C=O) groups is 2. The van der Waals surface area contributed by atoms with Crippen LogP contribution in [0.1, 0.15) is 57.2 Å². The van der Waals surface area contributed by atoms with Crippen LogP contribution in [-0.2, 0) is 22.4 Å². The van der Waals surface area contributed by atoms with Crippen molar-refractivity contribution in [2.45, 2.75) is 71.9 Å². The molecule has 8 nitrogen and oxygen atoms in total. The Bertz CT molecular complexity index is 1120. The molecule has 2 unspecified atom stereocenters. The number of methoxy groups -OCH3 is 1. The minimum Gasteiger partial charge on any atom is -0.496 e. The number of aryl methyl sites for hydroxylation is 2. The molecule has 1 aromatic carbocycles. The lowest BCUT2D eigenvalue weighted by atomic mass is 9.91. The zero-order valence-corrected chi connectivity index (χ0v) is 19.5. The van der Waals surface area contributed by atoms with E-state index < -0.39 is 23.5 Å². The highest BCUT2D eigenvalue weighted by molar-refractivity contribution is 5.93. The minimum absolute atomic E-state index is 0.179. The molecule has 3 rings (SSSR count). The lowest BCUT2D eigenvalue weighted by Crippen LogP contribution is -2.46. The van der Waals surface area contributed by atoms with Crippen molar-refractivity contribution in [3.63, 3.8) is 0 Å². The van der Waals surface area contributed by atoms with Gasteiger partial charge in [-0.3, -0.25) is 4.79 Å². The Labute approximate surface area is 186 Å². The van der Waals surface area contributed by atoms with Gasteiger partial charge in [0.25, 0.3) is 0 Å². The van der Waals surface area contributed by atoms with Gasteiger partial charge in [-0.05, 0) is 45.1 Å². The van der Waals surface area contributed by atoms with Crippen LogP contribution in [0.25, 0.3) is 11.0 Å². The van der Waals surface area contributed by atoms with Gasteiger partial charge in [-0.25, -0.2) is 9.59 Å². The Hall–Kier alpha value is -3.03. The maximum atomic E-state index is 12.9. The third-order valence-corrected chi connectivity index (χ3v) is 6.29. The van der Waals surface area contributed by atoms with Gasteiger partial charge in [0, 0.05) is 11.6 Å². The fourth-order valence-corrected chi connectivity index (χ4v) is 4.12. The van der Waals surface area contributed by atoms with Crippen LogP contribution in [0.2, 0.25) is 0 Å². The van der Waals surface area contributed by atoms with Crippen LogP contribution in [0.4, 0.5) is 0 Å². The van der Waals surface area contributed by atoms with E-state index in [-0.39, 0.29) is 23.5 Å². The van der Waals surface area contributed by atoms with Crippen LogP contribution in [0.3, 0.4) is 0 Å². The summed E-state index contributed by atoms with van der Waals surface area (Å²) >= 11 is 0. The fourth-order valence-electron chi connectivity index (χ4n) is 4.12. The van der Waals surface area contributed by atoms with Gasteiger partial charge in [-0.1, -0.05) is 20.3 Å². The van der Waals surface area contributed by atoms with E-state index in [1.165, 1.54) is 7.11 Å². The number of hydrogen-bond acceptors (Lipinski definition) is 6. The molecule has 1 amide bonds. The molecule has 0 saturated carbocycles. The van der Waals surface area contributed by atoms with Gasteiger partial charge >= 0.3 is 11.6 Å². The van der Waals surface area contributed by atoms with Gasteiger partial charge in [0.1, 0.15) is 28.7 Å². The van der Waals surface area contributed by atoms with Gasteiger partial charge in [0.15, 0.2) is 0 Å². The average Bonchev–Trinajstić information content (AvgIpc) is 2.72. The van der Waals surface area contributed by atoms with Crippen molar-refractivity contribution in [1.29, 1.82) is 0 Å². The van der Waals surface area contributed by atoms with Crippen LogP contribution in [0.5, 0.6) is 11.5 Å². The average molecular weight is 446 g/mol. The van der Waals surface area contributed by atoms with E-state index in [0.717, 1.165) is 12.0 Å². The molecule has 174 valence electrons. The molecule has 2 N–H and O–H groups in total. The number of carboxylic acids is 1. The normalized spacial score (nSPS) is 16.6. The Morgan fingerprint density at radius 2 is 2.03 bits per heavy atom. The molecule has 1 aliphatic rings. The number of aliphatic carboxylic acids is 1. The first-order valence-electron chi connectivity index (χ1n) is 10.9. The number of carbonyl (C=O) groups excluding carboxylic acids is 1. The van der Waals surface area contributed by atoms with Crippen molar-refractivity contribution in [1.82, 2.24) is 5.32 Å². The number of nitrogens with one attached hydrogen (secondary N) is 1. The van der Waals surface area contributed by atoms with E-state index in [4.69, 9.17) is 13.9 Å².